The standard InChI is InChI=1S/C20H24N4O4/c1-16(25)24(15-17-5-2-3-8-21-17)9-7-19(26)22-10-12-23(13-11-22)20(27)18-6-4-14-28-18/h2-6,8,14H,7,9-13,15H2,1H3. The van der Waals surface area contributed by atoms with Gasteiger partial charge in [0, 0.05) is 52.3 Å². The molecule has 1 aliphatic rings. The summed E-state index contributed by atoms with van der Waals surface area (Å²) in [7, 11) is 0. The molecule has 0 N–H and O–H groups in total. The molecule has 0 aromatic carbocycles. The summed E-state index contributed by atoms with van der Waals surface area (Å²) in [5, 5.41) is 0. The SMILES string of the molecule is CC(=O)N(CCC(=O)N1CCN(C(=O)c2ccco2)CC1)Cc1ccccn1. The molecular weight excluding hydrogens is 360 g/mol. The first-order valence-electron chi connectivity index (χ1n) is 9.30. The number of aromatic nitrogens is 1. The van der Waals surface area contributed by atoms with Crippen LogP contribution in [0.25, 0.3) is 0 Å². The summed E-state index contributed by atoms with van der Waals surface area (Å²) in [6.07, 6.45) is 3.40. The predicted octanol–water partition coefficient (Wildman–Crippen LogP) is 1.40. The summed E-state index contributed by atoms with van der Waals surface area (Å²) in [5.41, 5.74) is 0.787. The predicted molar refractivity (Wildman–Crippen MR) is 101 cm³/mol. The van der Waals surface area contributed by atoms with Crippen LogP contribution in [-0.2, 0) is 16.1 Å². The Morgan fingerprint density at radius 2 is 1.82 bits per heavy atom. The van der Waals surface area contributed by atoms with E-state index in [0.29, 0.717) is 45.0 Å². The first-order chi connectivity index (χ1) is 13.5. The van der Waals surface area contributed by atoms with Crippen LogP contribution in [0, 0.1) is 0 Å². The molecular formula is C20H24N4O4. The number of carbonyl (C=O) groups is 3. The van der Waals surface area contributed by atoms with Crippen molar-refractivity contribution < 1.29 is 18.8 Å². The molecule has 8 heteroatoms. The van der Waals surface area contributed by atoms with Gasteiger partial charge in [-0.2, -0.15) is 0 Å². The van der Waals surface area contributed by atoms with E-state index in [9.17, 15) is 14.4 Å². The molecule has 1 fully saturated rings. The molecule has 0 unspecified atom stereocenters. The Morgan fingerprint density at radius 3 is 2.43 bits per heavy atom. The zero-order chi connectivity index (χ0) is 19.9. The molecule has 1 saturated heterocycles. The first kappa shape index (κ1) is 19.6. The van der Waals surface area contributed by atoms with Crippen molar-refractivity contribution in [2.24, 2.45) is 0 Å². The molecule has 0 aliphatic carbocycles. The summed E-state index contributed by atoms with van der Waals surface area (Å²) >= 11 is 0. The van der Waals surface area contributed by atoms with Gasteiger partial charge in [0.2, 0.25) is 11.8 Å². The van der Waals surface area contributed by atoms with Crippen molar-refractivity contribution in [3.05, 3.63) is 54.2 Å². The number of pyridine rings is 1. The molecule has 2 aromatic heterocycles. The van der Waals surface area contributed by atoms with E-state index in [1.807, 2.05) is 18.2 Å². The van der Waals surface area contributed by atoms with Gasteiger partial charge in [0.05, 0.1) is 18.5 Å². The Morgan fingerprint density at radius 1 is 1.07 bits per heavy atom. The van der Waals surface area contributed by atoms with E-state index in [1.165, 1.54) is 13.2 Å². The van der Waals surface area contributed by atoms with Crippen LogP contribution >= 0.6 is 0 Å². The summed E-state index contributed by atoms with van der Waals surface area (Å²) < 4.78 is 5.14. The van der Waals surface area contributed by atoms with Crippen molar-refractivity contribution in [3.8, 4) is 0 Å². The molecule has 3 rings (SSSR count). The molecule has 3 heterocycles. The number of hydrogen-bond donors (Lipinski definition) is 0. The highest BCUT2D eigenvalue weighted by molar-refractivity contribution is 5.91. The molecule has 148 valence electrons. The molecule has 3 amide bonds. The third kappa shape index (κ3) is 4.97. The van der Waals surface area contributed by atoms with Crippen LogP contribution in [0.5, 0.6) is 0 Å². The van der Waals surface area contributed by atoms with Crippen LogP contribution in [0.1, 0.15) is 29.6 Å². The van der Waals surface area contributed by atoms with Crippen LogP contribution in [0.2, 0.25) is 0 Å². The Hall–Kier alpha value is -3.16. The van der Waals surface area contributed by atoms with Crippen LogP contribution in [0.15, 0.2) is 47.2 Å². The number of piperazine rings is 1. The van der Waals surface area contributed by atoms with Gasteiger partial charge in [-0.3, -0.25) is 19.4 Å². The average Bonchev–Trinajstić information content (AvgIpc) is 3.26. The van der Waals surface area contributed by atoms with Gasteiger partial charge in [0.25, 0.3) is 5.91 Å². The molecule has 0 bridgehead atoms. The largest absolute Gasteiger partial charge is 0.459 e. The van der Waals surface area contributed by atoms with Crippen molar-refractivity contribution in [1.29, 1.82) is 0 Å². The van der Waals surface area contributed by atoms with Gasteiger partial charge >= 0.3 is 0 Å². The number of carbonyl (C=O) groups excluding carboxylic acids is 3. The second kappa shape index (κ2) is 9.16. The minimum absolute atomic E-state index is 0.0163. The molecule has 28 heavy (non-hydrogen) atoms. The molecule has 0 radical (unpaired) electrons. The van der Waals surface area contributed by atoms with Gasteiger partial charge in [0.15, 0.2) is 5.76 Å². The maximum Gasteiger partial charge on any atom is 0.289 e. The van der Waals surface area contributed by atoms with E-state index in [2.05, 4.69) is 4.98 Å². The van der Waals surface area contributed by atoms with Crippen molar-refractivity contribution in [1.82, 2.24) is 19.7 Å². The second-order valence-electron chi connectivity index (χ2n) is 6.66. The molecule has 2 aromatic rings. The fourth-order valence-electron chi connectivity index (χ4n) is 3.14. The summed E-state index contributed by atoms with van der Waals surface area (Å²) in [6.45, 7) is 4.11. The summed E-state index contributed by atoms with van der Waals surface area (Å²) in [5.74, 6) is 0.0475. The Kier molecular flexibility index (Phi) is 6.41. The number of hydrogen-bond acceptors (Lipinski definition) is 5. The lowest BCUT2D eigenvalue weighted by Crippen LogP contribution is -2.51. The quantitative estimate of drug-likeness (QED) is 0.751. The zero-order valence-electron chi connectivity index (χ0n) is 15.9. The van der Waals surface area contributed by atoms with Gasteiger partial charge < -0.3 is 19.1 Å². The fraction of sp³-hybridized carbons (Fsp3) is 0.400. The molecule has 0 saturated carbocycles. The smallest absolute Gasteiger partial charge is 0.289 e. The van der Waals surface area contributed by atoms with Crippen molar-refractivity contribution in [2.75, 3.05) is 32.7 Å². The van der Waals surface area contributed by atoms with Crippen LogP contribution in [0.3, 0.4) is 0 Å². The minimum Gasteiger partial charge on any atom is -0.459 e. The van der Waals surface area contributed by atoms with Gasteiger partial charge in [-0.25, -0.2) is 0 Å². The first-order valence-corrected chi connectivity index (χ1v) is 9.30. The van der Waals surface area contributed by atoms with E-state index in [1.54, 1.807) is 33.0 Å². The van der Waals surface area contributed by atoms with Gasteiger partial charge in [-0.15, -0.1) is 0 Å². The molecule has 0 spiro atoms. The monoisotopic (exact) mass is 384 g/mol. The molecule has 1 aliphatic heterocycles. The average molecular weight is 384 g/mol. The topological polar surface area (TPSA) is 87.0 Å². The third-order valence-electron chi connectivity index (χ3n) is 4.77. The lowest BCUT2D eigenvalue weighted by molar-refractivity contribution is -0.134. The number of furan rings is 1. The van der Waals surface area contributed by atoms with E-state index < -0.39 is 0 Å². The third-order valence-corrected chi connectivity index (χ3v) is 4.77. The van der Waals surface area contributed by atoms with E-state index in [-0.39, 0.29) is 24.1 Å². The number of amides is 3. The highest BCUT2D eigenvalue weighted by atomic mass is 16.3. The zero-order valence-corrected chi connectivity index (χ0v) is 15.9. The molecule has 8 nitrogen and oxygen atoms in total. The Labute approximate surface area is 163 Å². The van der Waals surface area contributed by atoms with Crippen molar-refractivity contribution in [2.45, 2.75) is 19.9 Å². The normalized spacial score (nSPS) is 14.0. The van der Waals surface area contributed by atoms with E-state index in [4.69, 9.17) is 4.42 Å². The Bertz CT molecular complexity index is 799. The van der Waals surface area contributed by atoms with Crippen LogP contribution in [-0.4, -0.2) is 70.1 Å². The lowest BCUT2D eigenvalue weighted by atomic mass is 10.2. The summed E-state index contributed by atoms with van der Waals surface area (Å²) in [6, 6.07) is 8.86. The summed E-state index contributed by atoms with van der Waals surface area (Å²) in [4.78, 5) is 46.0. The van der Waals surface area contributed by atoms with E-state index >= 15 is 0 Å². The highest BCUT2D eigenvalue weighted by Crippen LogP contribution is 2.11. The number of rotatable bonds is 6. The molecule has 0 atom stereocenters. The van der Waals surface area contributed by atoms with Gasteiger partial charge in [-0.1, -0.05) is 6.07 Å². The lowest BCUT2D eigenvalue weighted by Gasteiger charge is -2.34. The fourth-order valence-corrected chi connectivity index (χ4v) is 3.14. The van der Waals surface area contributed by atoms with Crippen LogP contribution < -0.4 is 0 Å². The second-order valence-corrected chi connectivity index (χ2v) is 6.66. The van der Waals surface area contributed by atoms with Crippen molar-refractivity contribution >= 4 is 17.7 Å². The van der Waals surface area contributed by atoms with Crippen molar-refractivity contribution in [3.63, 3.8) is 0 Å². The Balaban J connectivity index is 1.47. The number of nitrogens with zero attached hydrogens (tertiary/aromatic N) is 4. The van der Waals surface area contributed by atoms with Gasteiger partial charge in [-0.05, 0) is 24.3 Å². The minimum atomic E-state index is -0.157. The maximum atomic E-state index is 12.5. The van der Waals surface area contributed by atoms with Crippen LogP contribution in [0.4, 0.5) is 0 Å². The maximum absolute atomic E-state index is 12.5. The highest BCUT2D eigenvalue weighted by Gasteiger charge is 2.26. The van der Waals surface area contributed by atoms with E-state index in [0.717, 1.165) is 5.69 Å². The van der Waals surface area contributed by atoms with Gasteiger partial charge in [0.1, 0.15) is 0 Å².